The fourth-order valence-electron chi connectivity index (χ4n) is 3.63. The highest BCUT2D eigenvalue weighted by atomic mass is 19.4. The Labute approximate surface area is 121 Å². The van der Waals surface area contributed by atoms with E-state index in [0.717, 1.165) is 24.2 Å². The van der Waals surface area contributed by atoms with Gasteiger partial charge in [0.15, 0.2) is 0 Å². The number of amides is 2. The molecule has 0 aromatic carbocycles. The van der Waals surface area contributed by atoms with E-state index in [-0.39, 0.29) is 11.8 Å². The molecule has 1 unspecified atom stereocenters. The lowest BCUT2D eigenvalue weighted by atomic mass is 9.77. The summed E-state index contributed by atoms with van der Waals surface area (Å²) in [5, 5.41) is 2.71. The zero-order chi connectivity index (χ0) is 15.3. The molecule has 4 nitrogen and oxygen atoms in total. The van der Waals surface area contributed by atoms with Crippen molar-refractivity contribution in [3.63, 3.8) is 0 Å². The number of piperazine rings is 1. The highest BCUT2D eigenvalue weighted by molar-refractivity contribution is 6.00. The summed E-state index contributed by atoms with van der Waals surface area (Å²) in [6.45, 7) is -1.32. The maximum absolute atomic E-state index is 12.9. The smallest absolute Gasteiger partial charge is 0.342 e. The highest BCUT2D eigenvalue weighted by Gasteiger charge is 2.57. The molecule has 118 valence electrons. The van der Waals surface area contributed by atoms with Gasteiger partial charge in [-0.1, -0.05) is 19.3 Å². The quantitative estimate of drug-likeness (QED) is 0.848. The molecule has 3 aliphatic rings. The monoisotopic (exact) mass is 304 g/mol. The van der Waals surface area contributed by atoms with E-state index in [1.807, 2.05) is 0 Å². The Morgan fingerprint density at radius 3 is 2.29 bits per heavy atom. The molecule has 7 heteroatoms. The second kappa shape index (κ2) is 4.88. The van der Waals surface area contributed by atoms with Crippen LogP contribution in [0.3, 0.4) is 0 Å². The van der Waals surface area contributed by atoms with Gasteiger partial charge >= 0.3 is 6.18 Å². The van der Waals surface area contributed by atoms with Crippen LogP contribution in [-0.4, -0.2) is 41.0 Å². The van der Waals surface area contributed by atoms with Gasteiger partial charge in [0, 0.05) is 0 Å². The summed E-state index contributed by atoms with van der Waals surface area (Å²) in [6.07, 6.45) is 0.0381. The third-order valence-electron chi connectivity index (χ3n) is 4.87. The Kier molecular flexibility index (Phi) is 3.41. The highest BCUT2D eigenvalue weighted by Crippen LogP contribution is 2.42. The molecule has 0 bridgehead atoms. The zero-order valence-electron chi connectivity index (χ0n) is 11.7. The van der Waals surface area contributed by atoms with Crippen molar-refractivity contribution in [3.8, 4) is 0 Å². The Morgan fingerprint density at radius 2 is 1.76 bits per heavy atom. The molecule has 1 spiro atoms. The Morgan fingerprint density at radius 1 is 1.14 bits per heavy atom. The number of nitrogens with zero attached hydrogens (tertiary/aromatic N) is 1. The first-order valence-electron chi connectivity index (χ1n) is 7.53. The molecule has 2 amide bonds. The minimum Gasteiger partial charge on any atom is -0.342 e. The molecule has 1 atom stereocenters. The predicted octanol–water partition coefficient (Wildman–Crippen LogP) is 1.99. The zero-order valence-corrected chi connectivity index (χ0v) is 11.7. The number of rotatable bonds is 2. The van der Waals surface area contributed by atoms with Crippen LogP contribution in [0, 0.1) is 5.92 Å². The van der Waals surface area contributed by atoms with Crippen molar-refractivity contribution in [3.05, 3.63) is 0 Å². The van der Waals surface area contributed by atoms with Gasteiger partial charge in [0.05, 0.1) is 0 Å². The van der Waals surface area contributed by atoms with Crippen LogP contribution in [-0.2, 0) is 9.59 Å². The third kappa shape index (κ3) is 2.62. The molecule has 3 rings (SSSR count). The van der Waals surface area contributed by atoms with E-state index in [1.54, 1.807) is 0 Å². The van der Waals surface area contributed by atoms with Crippen LogP contribution >= 0.6 is 0 Å². The van der Waals surface area contributed by atoms with Crippen LogP contribution in [0.4, 0.5) is 13.2 Å². The van der Waals surface area contributed by atoms with Crippen LogP contribution in [0.1, 0.15) is 44.9 Å². The van der Waals surface area contributed by atoms with Crippen molar-refractivity contribution in [2.24, 2.45) is 5.92 Å². The Balaban J connectivity index is 1.92. The summed E-state index contributed by atoms with van der Waals surface area (Å²) in [6, 6.07) is -0.757. The number of nitrogens with one attached hydrogen (secondary N) is 1. The van der Waals surface area contributed by atoms with Gasteiger partial charge in [-0.25, -0.2) is 0 Å². The predicted molar refractivity (Wildman–Crippen MR) is 68.2 cm³/mol. The van der Waals surface area contributed by atoms with Crippen LogP contribution in [0.25, 0.3) is 0 Å². The number of hydrogen-bond acceptors (Lipinski definition) is 2. The maximum atomic E-state index is 12.9. The van der Waals surface area contributed by atoms with Gasteiger partial charge in [0.2, 0.25) is 11.8 Å². The van der Waals surface area contributed by atoms with Crippen LogP contribution in [0.15, 0.2) is 0 Å². The fraction of sp³-hybridized carbons (Fsp3) is 0.857. The van der Waals surface area contributed by atoms with Crippen LogP contribution < -0.4 is 5.32 Å². The van der Waals surface area contributed by atoms with E-state index >= 15 is 0 Å². The molecule has 1 heterocycles. The molecule has 2 saturated carbocycles. The molecule has 1 aliphatic heterocycles. The number of alkyl halides is 3. The van der Waals surface area contributed by atoms with Crippen molar-refractivity contribution in [2.45, 2.75) is 62.7 Å². The number of carbonyl (C=O) groups is 2. The largest absolute Gasteiger partial charge is 0.406 e. The van der Waals surface area contributed by atoms with Crippen molar-refractivity contribution >= 4 is 11.8 Å². The maximum Gasteiger partial charge on any atom is 0.406 e. The molecular weight excluding hydrogens is 285 g/mol. The normalized spacial score (nSPS) is 29.7. The lowest BCUT2D eigenvalue weighted by Crippen LogP contribution is -2.72. The minimum absolute atomic E-state index is 0.0122. The third-order valence-corrected chi connectivity index (χ3v) is 4.87. The summed E-state index contributed by atoms with van der Waals surface area (Å²) in [5.74, 6) is -0.919. The average molecular weight is 304 g/mol. The second-order valence-electron chi connectivity index (χ2n) is 6.42. The number of hydrogen-bond donors (Lipinski definition) is 1. The fourth-order valence-corrected chi connectivity index (χ4v) is 3.63. The first-order chi connectivity index (χ1) is 9.83. The molecular formula is C14H19F3N2O2. The molecule has 21 heavy (non-hydrogen) atoms. The van der Waals surface area contributed by atoms with Crippen molar-refractivity contribution in [1.82, 2.24) is 10.2 Å². The first kappa shape index (κ1) is 14.7. The van der Waals surface area contributed by atoms with Gasteiger partial charge in [-0.05, 0) is 31.6 Å². The molecule has 3 fully saturated rings. The van der Waals surface area contributed by atoms with Gasteiger partial charge in [-0.2, -0.15) is 13.2 Å². The lowest BCUT2D eigenvalue weighted by molar-refractivity contribution is -0.186. The molecule has 2 aliphatic carbocycles. The van der Waals surface area contributed by atoms with E-state index in [4.69, 9.17) is 0 Å². The summed E-state index contributed by atoms with van der Waals surface area (Å²) in [5.41, 5.74) is -1.28. The van der Waals surface area contributed by atoms with E-state index in [0.29, 0.717) is 25.7 Å². The summed E-state index contributed by atoms with van der Waals surface area (Å²) in [7, 11) is 0. The van der Waals surface area contributed by atoms with E-state index in [1.165, 1.54) is 0 Å². The lowest BCUT2D eigenvalue weighted by Gasteiger charge is -2.50. The molecule has 0 aromatic rings. The number of halogens is 3. The van der Waals surface area contributed by atoms with Crippen LogP contribution in [0.2, 0.25) is 0 Å². The van der Waals surface area contributed by atoms with Crippen molar-refractivity contribution < 1.29 is 22.8 Å². The van der Waals surface area contributed by atoms with E-state index < -0.39 is 30.2 Å². The van der Waals surface area contributed by atoms with Gasteiger partial charge < -0.3 is 10.2 Å². The van der Waals surface area contributed by atoms with Gasteiger partial charge in [0.1, 0.15) is 18.1 Å². The molecule has 1 saturated heterocycles. The van der Waals surface area contributed by atoms with E-state index in [9.17, 15) is 22.8 Å². The number of carbonyl (C=O) groups excluding carboxylic acids is 2. The van der Waals surface area contributed by atoms with E-state index in [2.05, 4.69) is 5.32 Å². The van der Waals surface area contributed by atoms with Gasteiger partial charge in [-0.3, -0.25) is 9.59 Å². The van der Waals surface area contributed by atoms with Gasteiger partial charge in [0.25, 0.3) is 0 Å². The first-order valence-corrected chi connectivity index (χ1v) is 7.53. The average Bonchev–Trinajstić information content (AvgIpc) is 3.24. The Hall–Kier alpha value is -1.27. The summed E-state index contributed by atoms with van der Waals surface area (Å²) >= 11 is 0. The Bertz CT molecular complexity index is 454. The molecule has 1 N–H and O–H groups in total. The molecule has 0 aromatic heterocycles. The summed E-state index contributed by atoms with van der Waals surface area (Å²) < 4.78 is 38.7. The van der Waals surface area contributed by atoms with Crippen molar-refractivity contribution in [1.29, 1.82) is 0 Å². The molecule has 0 radical (unpaired) electrons. The second-order valence-corrected chi connectivity index (χ2v) is 6.42. The summed E-state index contributed by atoms with van der Waals surface area (Å²) in [4.78, 5) is 25.8. The topological polar surface area (TPSA) is 49.4 Å². The van der Waals surface area contributed by atoms with Crippen LogP contribution in [0.5, 0.6) is 0 Å². The van der Waals surface area contributed by atoms with Crippen molar-refractivity contribution in [2.75, 3.05) is 6.54 Å². The van der Waals surface area contributed by atoms with Gasteiger partial charge in [-0.15, -0.1) is 0 Å². The minimum atomic E-state index is -4.48. The SMILES string of the molecule is O=C1C(C2CC2)NC(=O)C2(CCCCC2)N1CC(F)(F)F. The standard InChI is InChI=1S/C14H19F3N2O2/c15-14(16,17)8-19-11(20)10(9-4-5-9)18-12(21)13(19)6-2-1-3-7-13/h9-10H,1-8H2,(H,18,21).